The number of nitrogens with two attached hydrogens (primary N) is 1. The highest BCUT2D eigenvalue weighted by Crippen LogP contribution is 2.43. The normalized spacial score (nSPS) is 15.9. The topological polar surface area (TPSA) is 93.4 Å². The van der Waals surface area contributed by atoms with Crippen LogP contribution in [0.25, 0.3) is 11.2 Å². The van der Waals surface area contributed by atoms with Crippen LogP contribution in [-0.2, 0) is 13.0 Å². The number of primary amides is 1. The van der Waals surface area contributed by atoms with Crippen molar-refractivity contribution < 1.29 is 13.9 Å². The molecule has 2 aromatic heterocycles. The molecule has 1 fully saturated rings. The summed E-state index contributed by atoms with van der Waals surface area (Å²) in [5, 5.41) is 9.69. The zero-order valence-corrected chi connectivity index (χ0v) is 19.7. The molecule has 2 aromatic carbocycles. The number of rotatable bonds is 4. The van der Waals surface area contributed by atoms with Crippen LogP contribution in [0.2, 0.25) is 0 Å². The van der Waals surface area contributed by atoms with Crippen molar-refractivity contribution in [3.05, 3.63) is 105 Å². The lowest BCUT2D eigenvalue weighted by molar-refractivity contribution is 0.1000. The average Bonchev–Trinajstić information content (AvgIpc) is 3.68. The molecule has 0 bridgehead atoms. The summed E-state index contributed by atoms with van der Waals surface area (Å²) in [5.74, 6) is 0.00551. The zero-order valence-electron chi connectivity index (χ0n) is 19.7. The predicted octanol–water partition coefficient (Wildman–Crippen LogP) is 5.28. The number of aromatic nitrogens is 2. The molecule has 1 aliphatic carbocycles. The van der Waals surface area contributed by atoms with Crippen molar-refractivity contribution in [3.8, 4) is 11.8 Å². The van der Waals surface area contributed by atoms with Crippen molar-refractivity contribution in [2.45, 2.75) is 38.7 Å². The van der Waals surface area contributed by atoms with Gasteiger partial charge in [0.1, 0.15) is 23.8 Å². The molecule has 178 valence electrons. The van der Waals surface area contributed by atoms with Crippen molar-refractivity contribution in [1.82, 2.24) is 9.38 Å². The van der Waals surface area contributed by atoms with E-state index in [0.717, 1.165) is 46.5 Å². The maximum Gasteiger partial charge on any atom is 0.248 e. The van der Waals surface area contributed by atoms with Crippen LogP contribution < -0.4 is 10.5 Å². The molecule has 1 amide bonds. The van der Waals surface area contributed by atoms with Crippen molar-refractivity contribution in [2.75, 3.05) is 0 Å². The van der Waals surface area contributed by atoms with Crippen molar-refractivity contribution >= 4 is 17.1 Å². The number of carbonyl (C=O) groups excluding carboxylic acids is 1. The van der Waals surface area contributed by atoms with Gasteiger partial charge in [-0.15, -0.1) is 0 Å². The lowest BCUT2D eigenvalue weighted by Crippen LogP contribution is -2.11. The van der Waals surface area contributed by atoms with Gasteiger partial charge in [-0.05, 0) is 60.7 Å². The molecule has 36 heavy (non-hydrogen) atoms. The molecule has 6 rings (SSSR count). The molecule has 7 heteroatoms. The third-order valence-corrected chi connectivity index (χ3v) is 6.95. The smallest absolute Gasteiger partial charge is 0.248 e. The van der Waals surface area contributed by atoms with Crippen LogP contribution in [0.15, 0.2) is 60.3 Å². The van der Waals surface area contributed by atoms with E-state index in [2.05, 4.69) is 18.2 Å². The lowest BCUT2D eigenvalue weighted by atomic mass is 9.89. The van der Waals surface area contributed by atoms with Gasteiger partial charge >= 0.3 is 0 Å². The van der Waals surface area contributed by atoms with Crippen LogP contribution in [0.1, 0.15) is 69.7 Å². The van der Waals surface area contributed by atoms with E-state index in [9.17, 15) is 14.4 Å². The standard InChI is InChI=1S/C29H23FN4O2/c1-16(14-31)27-22-6-2-17(10-20(22)15-36-25-13-21(30)5-7-23(25)27)11-24-28(18-3-4-18)33-26-12-19(29(32)35)8-9-34(24)26/h2,5-10,12-13,18H,3-4,11,15H2,1H3,(H2,32,35)/b27-16+. The number of ether oxygens (including phenoxy) is 1. The number of nitrogens with zero attached hydrogens (tertiary/aromatic N) is 3. The minimum atomic E-state index is -0.474. The molecular formula is C29H23FN4O2. The SMILES string of the molecule is C/C(C#N)=C1/c2ccc(Cc3c(C4CC4)nc4cc(C(N)=O)ccn34)cc2COc2cc(F)ccc21. The second-order valence-corrected chi connectivity index (χ2v) is 9.44. The first kappa shape index (κ1) is 22.1. The van der Waals surface area contributed by atoms with E-state index in [-0.39, 0.29) is 12.4 Å². The Morgan fingerprint density at radius 2 is 2.00 bits per heavy atom. The number of halogens is 1. The average molecular weight is 479 g/mol. The van der Waals surface area contributed by atoms with Gasteiger partial charge in [-0.1, -0.05) is 18.2 Å². The Balaban J connectivity index is 1.43. The van der Waals surface area contributed by atoms with Gasteiger partial charge in [-0.2, -0.15) is 5.26 Å². The summed E-state index contributed by atoms with van der Waals surface area (Å²) in [6.07, 6.45) is 4.72. The van der Waals surface area contributed by atoms with Gasteiger partial charge in [0.05, 0.1) is 17.5 Å². The number of benzene rings is 2. The number of imidazole rings is 1. The molecule has 0 atom stereocenters. The van der Waals surface area contributed by atoms with E-state index in [1.807, 2.05) is 16.7 Å². The van der Waals surface area contributed by atoms with E-state index in [0.29, 0.717) is 40.4 Å². The molecule has 1 aliphatic heterocycles. The first-order valence-corrected chi connectivity index (χ1v) is 11.9. The van der Waals surface area contributed by atoms with Gasteiger partial charge in [0.2, 0.25) is 5.91 Å². The molecule has 1 saturated carbocycles. The Bertz CT molecular complexity index is 1640. The van der Waals surface area contributed by atoms with Crippen molar-refractivity contribution in [3.63, 3.8) is 0 Å². The Hall–Kier alpha value is -4.44. The molecule has 0 radical (unpaired) electrons. The van der Waals surface area contributed by atoms with E-state index < -0.39 is 5.91 Å². The number of hydrogen-bond donors (Lipinski definition) is 1. The predicted molar refractivity (Wildman–Crippen MR) is 133 cm³/mol. The third-order valence-electron chi connectivity index (χ3n) is 6.95. The van der Waals surface area contributed by atoms with Gasteiger partial charge in [-0.25, -0.2) is 9.37 Å². The number of amides is 1. The zero-order chi connectivity index (χ0) is 25.0. The Kier molecular flexibility index (Phi) is 5.11. The quantitative estimate of drug-likeness (QED) is 0.404. The van der Waals surface area contributed by atoms with Crippen LogP contribution in [0, 0.1) is 17.1 Å². The molecule has 0 spiro atoms. The molecular weight excluding hydrogens is 455 g/mol. The van der Waals surface area contributed by atoms with Gasteiger partial charge in [-0.3, -0.25) is 4.79 Å². The molecule has 2 N–H and O–H groups in total. The number of allylic oxidation sites excluding steroid dienone is 1. The summed E-state index contributed by atoms with van der Waals surface area (Å²) < 4.78 is 22.0. The van der Waals surface area contributed by atoms with Crippen LogP contribution in [-0.4, -0.2) is 15.3 Å². The third kappa shape index (κ3) is 3.72. The highest BCUT2D eigenvalue weighted by atomic mass is 19.1. The molecule has 0 saturated heterocycles. The van der Waals surface area contributed by atoms with Gasteiger partial charge in [0.15, 0.2) is 0 Å². The number of pyridine rings is 1. The fraction of sp³-hybridized carbons (Fsp3) is 0.207. The summed E-state index contributed by atoms with van der Waals surface area (Å²) >= 11 is 0. The minimum Gasteiger partial charge on any atom is -0.488 e. The van der Waals surface area contributed by atoms with E-state index in [1.54, 1.807) is 25.1 Å². The molecule has 6 nitrogen and oxygen atoms in total. The van der Waals surface area contributed by atoms with Gasteiger partial charge in [0, 0.05) is 46.9 Å². The summed E-state index contributed by atoms with van der Waals surface area (Å²) in [6, 6.07) is 16.3. The number of fused-ring (bicyclic) bond motifs is 3. The summed E-state index contributed by atoms with van der Waals surface area (Å²) in [5.41, 5.74) is 13.7. The van der Waals surface area contributed by atoms with Crippen molar-refractivity contribution in [2.24, 2.45) is 5.73 Å². The fourth-order valence-electron chi connectivity index (χ4n) is 5.02. The Labute approximate surface area is 207 Å². The summed E-state index contributed by atoms with van der Waals surface area (Å²) in [4.78, 5) is 16.5. The maximum atomic E-state index is 14.0. The highest BCUT2D eigenvalue weighted by Gasteiger charge is 2.30. The van der Waals surface area contributed by atoms with E-state index >= 15 is 0 Å². The molecule has 0 unspecified atom stereocenters. The van der Waals surface area contributed by atoms with Crippen LogP contribution in [0.3, 0.4) is 0 Å². The Morgan fingerprint density at radius 1 is 1.19 bits per heavy atom. The van der Waals surface area contributed by atoms with Crippen LogP contribution in [0.4, 0.5) is 4.39 Å². The Morgan fingerprint density at radius 3 is 2.75 bits per heavy atom. The van der Waals surface area contributed by atoms with E-state index in [1.165, 1.54) is 12.1 Å². The fourth-order valence-corrected chi connectivity index (χ4v) is 5.02. The van der Waals surface area contributed by atoms with Gasteiger partial charge in [0.25, 0.3) is 0 Å². The van der Waals surface area contributed by atoms with Gasteiger partial charge < -0.3 is 14.9 Å². The first-order chi connectivity index (χ1) is 17.4. The highest BCUT2D eigenvalue weighted by molar-refractivity contribution is 5.93. The largest absolute Gasteiger partial charge is 0.488 e. The number of nitriles is 1. The second-order valence-electron chi connectivity index (χ2n) is 9.44. The summed E-state index contributed by atoms with van der Waals surface area (Å²) in [7, 11) is 0. The van der Waals surface area contributed by atoms with Crippen molar-refractivity contribution in [1.29, 1.82) is 5.26 Å². The molecule has 2 aliphatic rings. The second kappa shape index (κ2) is 8.35. The number of carbonyl (C=O) groups is 1. The minimum absolute atomic E-state index is 0.270. The molecule has 3 heterocycles. The van der Waals surface area contributed by atoms with E-state index in [4.69, 9.17) is 15.5 Å². The first-order valence-electron chi connectivity index (χ1n) is 11.9. The van der Waals surface area contributed by atoms with Crippen LogP contribution >= 0.6 is 0 Å². The monoisotopic (exact) mass is 478 g/mol. The summed E-state index contributed by atoms with van der Waals surface area (Å²) in [6.45, 7) is 2.04. The maximum absolute atomic E-state index is 14.0. The molecule has 4 aromatic rings. The van der Waals surface area contributed by atoms with Crippen LogP contribution in [0.5, 0.6) is 5.75 Å². The number of hydrogen-bond acceptors (Lipinski definition) is 4. The lowest BCUT2D eigenvalue weighted by Gasteiger charge is -2.13.